The van der Waals surface area contributed by atoms with Crippen molar-refractivity contribution in [3.63, 3.8) is 0 Å². The number of para-hydroxylation sites is 1. The third-order valence-corrected chi connectivity index (χ3v) is 4.27. The van der Waals surface area contributed by atoms with E-state index in [-0.39, 0.29) is 24.4 Å². The Bertz CT molecular complexity index is 1010. The number of aryl methyl sites for hydroxylation is 1. The number of nitrogens with one attached hydrogen (secondary N) is 1. The van der Waals surface area contributed by atoms with Gasteiger partial charge in [-0.25, -0.2) is 4.98 Å². The first kappa shape index (κ1) is 18.4. The highest BCUT2D eigenvalue weighted by Crippen LogP contribution is 2.23. The van der Waals surface area contributed by atoms with E-state index < -0.39 is 0 Å². The number of methoxy groups -OCH3 is 2. The van der Waals surface area contributed by atoms with Gasteiger partial charge in [-0.2, -0.15) is 0 Å². The monoisotopic (exact) mass is 367 g/mol. The van der Waals surface area contributed by atoms with Crippen LogP contribution < -0.4 is 20.3 Å². The quantitative estimate of drug-likeness (QED) is 0.692. The van der Waals surface area contributed by atoms with Gasteiger partial charge in [-0.15, -0.1) is 0 Å². The lowest BCUT2D eigenvalue weighted by Gasteiger charge is -2.12. The molecule has 0 atom stereocenters. The largest absolute Gasteiger partial charge is 0.497 e. The van der Waals surface area contributed by atoms with Gasteiger partial charge in [-0.1, -0.05) is 12.1 Å². The minimum absolute atomic E-state index is 0.150. The molecule has 0 aliphatic heterocycles. The molecule has 0 aliphatic rings. The van der Waals surface area contributed by atoms with E-state index in [0.29, 0.717) is 28.9 Å². The van der Waals surface area contributed by atoms with Crippen molar-refractivity contribution in [2.24, 2.45) is 0 Å². The van der Waals surface area contributed by atoms with Crippen LogP contribution in [-0.4, -0.2) is 29.7 Å². The van der Waals surface area contributed by atoms with Gasteiger partial charge in [0.05, 0.1) is 31.4 Å². The Morgan fingerprint density at radius 3 is 2.74 bits per heavy atom. The number of hydrogen-bond donors (Lipinski definition) is 1. The molecule has 7 nitrogen and oxygen atoms in total. The van der Waals surface area contributed by atoms with Gasteiger partial charge in [0.15, 0.2) is 0 Å². The first-order valence-corrected chi connectivity index (χ1v) is 8.54. The van der Waals surface area contributed by atoms with Gasteiger partial charge in [0.2, 0.25) is 5.91 Å². The van der Waals surface area contributed by atoms with Crippen molar-refractivity contribution in [3.8, 4) is 11.5 Å². The minimum atomic E-state index is -0.167. The van der Waals surface area contributed by atoms with E-state index in [1.165, 1.54) is 10.9 Å². The summed E-state index contributed by atoms with van der Waals surface area (Å²) in [7, 11) is 3.16. The maximum Gasteiger partial charge on any atom is 0.261 e. The average Bonchev–Trinajstić information content (AvgIpc) is 2.71. The number of nitrogens with zero attached hydrogens (tertiary/aromatic N) is 2. The lowest BCUT2D eigenvalue weighted by atomic mass is 10.2. The fourth-order valence-corrected chi connectivity index (χ4v) is 2.79. The zero-order valence-corrected chi connectivity index (χ0v) is 15.3. The van der Waals surface area contributed by atoms with Crippen LogP contribution in [0.25, 0.3) is 10.9 Å². The van der Waals surface area contributed by atoms with Gasteiger partial charge >= 0.3 is 0 Å². The van der Waals surface area contributed by atoms with Crippen molar-refractivity contribution in [1.82, 2.24) is 14.9 Å². The molecule has 0 saturated carbocycles. The maximum absolute atomic E-state index is 12.4. The number of rotatable bonds is 7. The third kappa shape index (κ3) is 4.25. The summed E-state index contributed by atoms with van der Waals surface area (Å²) in [5.41, 5.74) is 1.31. The fraction of sp³-hybridized carbons (Fsp3) is 0.250. The van der Waals surface area contributed by atoms with E-state index in [2.05, 4.69) is 10.3 Å². The van der Waals surface area contributed by atoms with Crippen LogP contribution in [0.2, 0.25) is 0 Å². The predicted octanol–water partition coefficient (Wildman–Crippen LogP) is 2.12. The summed E-state index contributed by atoms with van der Waals surface area (Å²) in [6, 6.07) is 12.6. The Hall–Kier alpha value is -3.35. The number of carbonyl (C=O) groups excluding carboxylic acids is 1. The summed E-state index contributed by atoms with van der Waals surface area (Å²) in [4.78, 5) is 28.9. The second kappa shape index (κ2) is 8.35. The van der Waals surface area contributed by atoms with Crippen molar-refractivity contribution in [1.29, 1.82) is 0 Å². The van der Waals surface area contributed by atoms with Crippen LogP contribution in [0.4, 0.5) is 0 Å². The standard InChI is InChI=1S/C20H21N3O4/c1-26-15-7-8-18(27-2)14(11-15)12-21-19(24)9-10-23-13-22-17-6-4-3-5-16(17)20(23)25/h3-8,11,13H,9-10,12H2,1-2H3,(H,21,24). The first-order valence-electron chi connectivity index (χ1n) is 8.54. The van der Waals surface area contributed by atoms with Gasteiger partial charge in [0.1, 0.15) is 11.5 Å². The van der Waals surface area contributed by atoms with E-state index in [1.54, 1.807) is 44.6 Å². The number of hydrogen-bond acceptors (Lipinski definition) is 5. The number of benzene rings is 2. The summed E-state index contributed by atoms with van der Waals surface area (Å²) in [5.74, 6) is 1.19. The Labute approximate surface area is 156 Å². The summed E-state index contributed by atoms with van der Waals surface area (Å²) >= 11 is 0. The van der Waals surface area contributed by atoms with E-state index in [4.69, 9.17) is 9.47 Å². The molecule has 0 fully saturated rings. The van der Waals surface area contributed by atoms with E-state index >= 15 is 0 Å². The molecule has 0 saturated heterocycles. The van der Waals surface area contributed by atoms with E-state index in [9.17, 15) is 9.59 Å². The third-order valence-electron chi connectivity index (χ3n) is 4.27. The second-order valence-corrected chi connectivity index (χ2v) is 5.96. The fourth-order valence-electron chi connectivity index (χ4n) is 2.79. The molecule has 3 aromatic rings. The zero-order valence-electron chi connectivity index (χ0n) is 15.3. The highest BCUT2D eigenvalue weighted by molar-refractivity contribution is 5.77. The van der Waals surface area contributed by atoms with Crippen molar-refractivity contribution >= 4 is 16.8 Å². The topological polar surface area (TPSA) is 82.4 Å². The lowest BCUT2D eigenvalue weighted by Crippen LogP contribution is -2.27. The molecule has 2 aromatic carbocycles. The van der Waals surface area contributed by atoms with E-state index in [1.807, 2.05) is 12.1 Å². The van der Waals surface area contributed by atoms with Crippen LogP contribution in [0, 0.1) is 0 Å². The molecule has 0 unspecified atom stereocenters. The number of amides is 1. The molecule has 1 amide bonds. The summed E-state index contributed by atoms with van der Waals surface area (Å²) in [6.07, 6.45) is 1.65. The summed E-state index contributed by atoms with van der Waals surface area (Å²) < 4.78 is 12.0. The second-order valence-electron chi connectivity index (χ2n) is 5.96. The molecule has 0 radical (unpaired) electrons. The molecule has 7 heteroatoms. The molecular formula is C20H21N3O4. The van der Waals surface area contributed by atoms with Gasteiger partial charge in [0, 0.05) is 25.1 Å². The molecule has 1 heterocycles. The molecule has 3 rings (SSSR count). The Kier molecular flexibility index (Phi) is 5.71. The Balaban J connectivity index is 1.62. The molecule has 140 valence electrons. The van der Waals surface area contributed by atoms with E-state index in [0.717, 1.165) is 5.56 Å². The maximum atomic E-state index is 12.4. The van der Waals surface area contributed by atoms with Crippen molar-refractivity contribution in [3.05, 3.63) is 64.7 Å². The number of aromatic nitrogens is 2. The van der Waals surface area contributed by atoms with Crippen molar-refractivity contribution < 1.29 is 14.3 Å². The normalized spacial score (nSPS) is 10.6. The molecular weight excluding hydrogens is 346 g/mol. The number of ether oxygens (including phenoxy) is 2. The molecule has 0 spiro atoms. The minimum Gasteiger partial charge on any atom is -0.497 e. The zero-order chi connectivity index (χ0) is 19.2. The predicted molar refractivity (Wildman–Crippen MR) is 102 cm³/mol. The van der Waals surface area contributed by atoms with Gasteiger partial charge < -0.3 is 14.8 Å². The van der Waals surface area contributed by atoms with Gasteiger partial charge in [-0.3, -0.25) is 14.2 Å². The summed E-state index contributed by atoms with van der Waals surface area (Å²) in [5, 5.41) is 3.38. The van der Waals surface area contributed by atoms with Crippen molar-refractivity contribution in [2.75, 3.05) is 14.2 Å². The highest BCUT2D eigenvalue weighted by atomic mass is 16.5. The molecule has 1 N–H and O–H groups in total. The van der Waals surface area contributed by atoms with Crippen LogP contribution in [0.1, 0.15) is 12.0 Å². The number of carbonyl (C=O) groups is 1. The first-order chi connectivity index (χ1) is 13.1. The van der Waals surface area contributed by atoms with Crippen LogP contribution in [0.5, 0.6) is 11.5 Å². The SMILES string of the molecule is COc1ccc(OC)c(CNC(=O)CCn2cnc3ccccc3c2=O)c1. The molecule has 1 aromatic heterocycles. The molecule has 27 heavy (non-hydrogen) atoms. The van der Waals surface area contributed by atoms with Crippen LogP contribution >= 0.6 is 0 Å². The smallest absolute Gasteiger partial charge is 0.261 e. The summed E-state index contributed by atoms with van der Waals surface area (Å²) in [6.45, 7) is 0.571. The van der Waals surface area contributed by atoms with Crippen LogP contribution in [0.3, 0.4) is 0 Å². The number of fused-ring (bicyclic) bond motifs is 1. The Morgan fingerprint density at radius 1 is 1.15 bits per heavy atom. The molecule has 0 aliphatic carbocycles. The van der Waals surface area contributed by atoms with Gasteiger partial charge in [-0.05, 0) is 30.3 Å². The Morgan fingerprint density at radius 2 is 1.96 bits per heavy atom. The van der Waals surface area contributed by atoms with Crippen LogP contribution in [0.15, 0.2) is 53.6 Å². The average molecular weight is 367 g/mol. The van der Waals surface area contributed by atoms with Crippen molar-refractivity contribution in [2.45, 2.75) is 19.5 Å². The molecule has 0 bridgehead atoms. The lowest BCUT2D eigenvalue weighted by molar-refractivity contribution is -0.121. The van der Waals surface area contributed by atoms with Crippen LogP contribution in [-0.2, 0) is 17.9 Å². The van der Waals surface area contributed by atoms with Gasteiger partial charge in [0.25, 0.3) is 5.56 Å². The highest BCUT2D eigenvalue weighted by Gasteiger charge is 2.09.